The Balaban J connectivity index is 1.67. The Morgan fingerprint density at radius 2 is 1.97 bits per heavy atom. The van der Waals surface area contributed by atoms with Crippen LogP contribution in [0.2, 0.25) is 10.0 Å². The number of nitrogens with one attached hydrogen (secondary N) is 2. The highest BCUT2D eigenvalue weighted by atomic mass is 79.9. The lowest BCUT2D eigenvalue weighted by atomic mass is 10.1. The van der Waals surface area contributed by atoms with Crippen molar-refractivity contribution in [1.29, 1.82) is 0 Å². The molecule has 0 bridgehead atoms. The van der Waals surface area contributed by atoms with Gasteiger partial charge in [-0.25, -0.2) is 9.67 Å². The summed E-state index contributed by atoms with van der Waals surface area (Å²) in [6, 6.07) is 8.21. The van der Waals surface area contributed by atoms with Gasteiger partial charge >= 0.3 is 0 Å². The molecule has 166 valence electrons. The number of amides is 2. The van der Waals surface area contributed by atoms with Crippen LogP contribution in [0, 0.1) is 12.8 Å². The summed E-state index contributed by atoms with van der Waals surface area (Å²) in [5, 5.41) is 10.9. The van der Waals surface area contributed by atoms with Crippen LogP contribution in [-0.2, 0) is 0 Å². The van der Waals surface area contributed by atoms with E-state index in [9.17, 15) is 9.59 Å². The normalized spacial score (nSPS) is 14.2. The minimum absolute atomic E-state index is 0.0500. The van der Waals surface area contributed by atoms with E-state index in [1.165, 1.54) is 4.68 Å². The number of carbonyl (C=O) groups excluding carboxylic acids is 2. The molecule has 2 heterocycles. The van der Waals surface area contributed by atoms with Crippen molar-refractivity contribution >= 4 is 56.6 Å². The van der Waals surface area contributed by atoms with Crippen LogP contribution >= 0.6 is 39.1 Å². The first kappa shape index (κ1) is 22.8. The van der Waals surface area contributed by atoms with Crippen LogP contribution in [0.5, 0.6) is 0 Å². The van der Waals surface area contributed by atoms with E-state index in [4.69, 9.17) is 23.2 Å². The number of aromatic nitrogens is 3. The van der Waals surface area contributed by atoms with Crippen molar-refractivity contribution < 1.29 is 9.59 Å². The fourth-order valence-corrected chi connectivity index (χ4v) is 4.32. The van der Waals surface area contributed by atoms with Crippen molar-refractivity contribution in [2.75, 3.05) is 5.32 Å². The van der Waals surface area contributed by atoms with Crippen LogP contribution in [0.15, 0.2) is 41.1 Å². The Hall–Kier alpha value is -2.42. The van der Waals surface area contributed by atoms with Crippen molar-refractivity contribution in [3.8, 4) is 5.82 Å². The summed E-state index contributed by atoms with van der Waals surface area (Å²) in [6.07, 6.45) is 3.77. The van der Waals surface area contributed by atoms with E-state index in [0.717, 1.165) is 12.8 Å². The maximum Gasteiger partial charge on any atom is 0.274 e. The maximum atomic E-state index is 13.3. The third-order valence-electron chi connectivity index (χ3n) is 5.32. The monoisotopic (exact) mass is 535 g/mol. The van der Waals surface area contributed by atoms with E-state index >= 15 is 0 Å². The molecule has 1 fully saturated rings. The average Bonchev–Trinajstić information content (AvgIpc) is 3.52. The molecule has 3 aromatic rings. The van der Waals surface area contributed by atoms with Gasteiger partial charge in [-0.2, -0.15) is 5.10 Å². The lowest BCUT2D eigenvalue weighted by Gasteiger charge is -2.18. The predicted octanol–water partition coefficient (Wildman–Crippen LogP) is 5.43. The Morgan fingerprint density at radius 1 is 1.22 bits per heavy atom. The number of aryl methyl sites for hydroxylation is 1. The summed E-state index contributed by atoms with van der Waals surface area (Å²) < 4.78 is 1.79. The predicted molar refractivity (Wildman–Crippen MR) is 128 cm³/mol. The van der Waals surface area contributed by atoms with E-state index in [1.807, 2.05) is 6.92 Å². The number of carbonyl (C=O) groups is 2. The highest BCUT2D eigenvalue weighted by molar-refractivity contribution is 9.10. The molecule has 1 atom stereocenters. The summed E-state index contributed by atoms with van der Waals surface area (Å²) in [7, 11) is 0. The lowest BCUT2D eigenvalue weighted by molar-refractivity contribution is 0.0936. The molecule has 2 N–H and O–H groups in total. The van der Waals surface area contributed by atoms with E-state index in [1.54, 1.807) is 43.5 Å². The largest absolute Gasteiger partial charge is 0.349 e. The summed E-state index contributed by atoms with van der Waals surface area (Å²) in [5.74, 6) is 0.0496. The molecule has 1 unspecified atom stereocenters. The van der Waals surface area contributed by atoms with Gasteiger partial charge in [0.2, 0.25) is 0 Å². The topological polar surface area (TPSA) is 88.9 Å². The minimum Gasteiger partial charge on any atom is -0.349 e. The zero-order chi connectivity index (χ0) is 23.0. The van der Waals surface area contributed by atoms with E-state index in [-0.39, 0.29) is 17.6 Å². The number of pyridine rings is 1. The van der Waals surface area contributed by atoms with Crippen molar-refractivity contribution in [3.05, 3.63) is 68.0 Å². The second-order valence-electron chi connectivity index (χ2n) is 7.77. The summed E-state index contributed by atoms with van der Waals surface area (Å²) >= 11 is 15.8. The Kier molecular flexibility index (Phi) is 6.55. The van der Waals surface area contributed by atoms with Gasteiger partial charge in [-0.05, 0) is 78.4 Å². The SMILES string of the molecule is Cc1cc(Cl)cc(C(=O)NC(C)C2CC2)c1NC(=O)c1cc(Br)nn1-c1ncccc1Cl. The van der Waals surface area contributed by atoms with Crippen molar-refractivity contribution in [3.63, 3.8) is 0 Å². The van der Waals surface area contributed by atoms with Gasteiger partial charge in [-0.3, -0.25) is 9.59 Å². The number of rotatable bonds is 6. The van der Waals surface area contributed by atoms with Gasteiger partial charge in [0.1, 0.15) is 10.3 Å². The first-order valence-corrected chi connectivity index (χ1v) is 11.6. The fourth-order valence-electron chi connectivity index (χ4n) is 3.47. The highest BCUT2D eigenvalue weighted by Gasteiger charge is 2.30. The van der Waals surface area contributed by atoms with Gasteiger partial charge in [0, 0.05) is 23.3 Å². The molecule has 1 aromatic carbocycles. The van der Waals surface area contributed by atoms with Crippen molar-refractivity contribution in [2.24, 2.45) is 5.92 Å². The molecule has 0 spiro atoms. The summed E-state index contributed by atoms with van der Waals surface area (Å²) in [5.41, 5.74) is 1.55. The van der Waals surface area contributed by atoms with Gasteiger partial charge in [-0.1, -0.05) is 23.2 Å². The van der Waals surface area contributed by atoms with Gasteiger partial charge in [0.05, 0.1) is 16.3 Å². The van der Waals surface area contributed by atoms with Crippen molar-refractivity contribution in [2.45, 2.75) is 32.7 Å². The van der Waals surface area contributed by atoms with E-state index in [2.05, 4.69) is 36.6 Å². The highest BCUT2D eigenvalue weighted by Crippen LogP contribution is 2.33. The van der Waals surface area contributed by atoms with Gasteiger partial charge in [-0.15, -0.1) is 0 Å². The summed E-state index contributed by atoms with van der Waals surface area (Å²) in [4.78, 5) is 30.5. The molecule has 4 rings (SSSR count). The first-order chi connectivity index (χ1) is 15.2. The quantitative estimate of drug-likeness (QED) is 0.440. The molecule has 0 radical (unpaired) electrons. The molecular weight excluding hydrogens is 517 g/mol. The Morgan fingerprint density at radius 3 is 2.66 bits per heavy atom. The molecule has 32 heavy (non-hydrogen) atoms. The van der Waals surface area contributed by atoms with Crippen LogP contribution in [0.4, 0.5) is 5.69 Å². The Labute approximate surface area is 203 Å². The molecule has 0 saturated heterocycles. The van der Waals surface area contributed by atoms with Crippen molar-refractivity contribution in [1.82, 2.24) is 20.1 Å². The fraction of sp³-hybridized carbons (Fsp3) is 0.273. The molecule has 2 aromatic heterocycles. The third kappa shape index (κ3) is 4.82. The zero-order valence-electron chi connectivity index (χ0n) is 17.3. The second-order valence-corrected chi connectivity index (χ2v) is 9.43. The molecule has 10 heteroatoms. The van der Waals surface area contributed by atoms with Gasteiger partial charge in [0.25, 0.3) is 11.8 Å². The van der Waals surface area contributed by atoms with E-state index in [0.29, 0.717) is 43.2 Å². The molecule has 1 aliphatic rings. The van der Waals surface area contributed by atoms with Gasteiger partial charge < -0.3 is 10.6 Å². The van der Waals surface area contributed by atoms with Crippen LogP contribution in [-0.4, -0.2) is 32.6 Å². The molecule has 1 aliphatic carbocycles. The molecule has 7 nitrogen and oxygen atoms in total. The molecule has 1 saturated carbocycles. The number of anilines is 1. The standard InChI is InChI=1S/C22H20BrCl2N5O2/c1-11-8-14(24)9-15(21(31)27-12(2)13-5-6-13)19(11)28-22(32)17-10-18(23)29-30(17)20-16(25)4-3-7-26-20/h3-4,7-10,12-13H,5-6H2,1-2H3,(H,27,31)(H,28,32). The molecule has 0 aliphatic heterocycles. The van der Waals surface area contributed by atoms with Crippen LogP contribution in [0.3, 0.4) is 0 Å². The maximum absolute atomic E-state index is 13.3. The number of hydrogen-bond donors (Lipinski definition) is 2. The number of benzene rings is 1. The Bertz CT molecular complexity index is 1210. The lowest BCUT2D eigenvalue weighted by Crippen LogP contribution is -2.34. The smallest absolute Gasteiger partial charge is 0.274 e. The van der Waals surface area contributed by atoms with E-state index < -0.39 is 5.91 Å². The van der Waals surface area contributed by atoms with Gasteiger partial charge in [0.15, 0.2) is 5.82 Å². The zero-order valence-corrected chi connectivity index (χ0v) is 20.4. The first-order valence-electron chi connectivity index (χ1n) is 10.0. The number of nitrogens with zero attached hydrogens (tertiary/aromatic N) is 3. The summed E-state index contributed by atoms with van der Waals surface area (Å²) in [6.45, 7) is 3.77. The number of halogens is 3. The minimum atomic E-state index is -0.473. The molecule has 2 amide bonds. The second kappa shape index (κ2) is 9.21. The van der Waals surface area contributed by atoms with Crippen LogP contribution in [0.1, 0.15) is 46.2 Å². The average molecular weight is 537 g/mol. The number of hydrogen-bond acceptors (Lipinski definition) is 4. The van der Waals surface area contributed by atoms with Crippen LogP contribution < -0.4 is 10.6 Å². The van der Waals surface area contributed by atoms with Crippen LogP contribution in [0.25, 0.3) is 5.82 Å². The third-order valence-corrected chi connectivity index (χ3v) is 6.22. The molecular formula is C22H20BrCl2N5O2.